The summed E-state index contributed by atoms with van der Waals surface area (Å²) in [5, 5.41) is 2.99. The maximum atomic E-state index is 14.2. The van der Waals surface area contributed by atoms with Crippen molar-refractivity contribution in [2.24, 2.45) is 0 Å². The number of carbonyl (C=O) groups is 2. The molecule has 0 aliphatic heterocycles. The van der Waals surface area contributed by atoms with E-state index in [2.05, 4.69) is 5.32 Å². The van der Waals surface area contributed by atoms with Crippen molar-refractivity contribution in [3.05, 3.63) is 83.9 Å². The van der Waals surface area contributed by atoms with Crippen molar-refractivity contribution < 1.29 is 27.5 Å². The topological polar surface area (TPSA) is 105 Å². The Kier molecular flexibility index (Phi) is 12.0. The Hall–Kier alpha value is -4.05. The first-order valence-electron chi connectivity index (χ1n) is 14.6. The van der Waals surface area contributed by atoms with Gasteiger partial charge < -0.3 is 19.7 Å². The first-order valence-corrected chi connectivity index (χ1v) is 16.0. The predicted octanol–water partition coefficient (Wildman–Crippen LogP) is 5.32. The van der Waals surface area contributed by atoms with Gasteiger partial charge in [0, 0.05) is 12.6 Å². The van der Waals surface area contributed by atoms with Gasteiger partial charge in [0.1, 0.15) is 24.1 Å². The molecular weight excluding hydrogens is 566 g/mol. The van der Waals surface area contributed by atoms with E-state index in [1.54, 1.807) is 55.6 Å². The molecule has 3 aromatic carbocycles. The number of amides is 2. The molecule has 0 bridgehead atoms. The third kappa shape index (κ3) is 8.73. The van der Waals surface area contributed by atoms with E-state index in [9.17, 15) is 18.0 Å². The molecule has 0 aromatic heterocycles. The Morgan fingerprint density at radius 1 is 0.860 bits per heavy atom. The molecule has 3 aromatic rings. The summed E-state index contributed by atoms with van der Waals surface area (Å²) < 4.78 is 40.0. The number of hydrogen-bond donors (Lipinski definition) is 1. The molecule has 0 aliphatic rings. The molecular formula is C33H43N3O6S. The number of nitrogens with zero attached hydrogens (tertiary/aromatic N) is 2. The molecule has 0 saturated carbocycles. The van der Waals surface area contributed by atoms with E-state index in [-0.39, 0.29) is 23.4 Å². The Bertz CT molecular complexity index is 1440. The molecule has 2 atom stereocenters. The molecule has 3 rings (SSSR count). The van der Waals surface area contributed by atoms with Gasteiger partial charge in [-0.2, -0.15) is 0 Å². The summed E-state index contributed by atoms with van der Waals surface area (Å²) in [5.74, 6) is 0.451. The van der Waals surface area contributed by atoms with Crippen LogP contribution < -0.4 is 19.1 Å². The number of anilines is 1. The summed E-state index contributed by atoms with van der Waals surface area (Å²) >= 11 is 0. The van der Waals surface area contributed by atoms with Crippen LogP contribution in [0.5, 0.6) is 11.5 Å². The van der Waals surface area contributed by atoms with Crippen molar-refractivity contribution >= 4 is 27.5 Å². The number of nitrogens with one attached hydrogen (secondary N) is 1. The van der Waals surface area contributed by atoms with E-state index in [1.165, 1.54) is 17.0 Å². The predicted molar refractivity (Wildman–Crippen MR) is 169 cm³/mol. The van der Waals surface area contributed by atoms with Gasteiger partial charge in [0.05, 0.1) is 24.3 Å². The lowest BCUT2D eigenvalue weighted by Gasteiger charge is -2.33. The highest BCUT2D eigenvalue weighted by Gasteiger charge is 2.34. The molecule has 0 unspecified atom stereocenters. The fraction of sp³-hybridized carbons (Fsp3) is 0.394. The van der Waals surface area contributed by atoms with Crippen LogP contribution in [0, 0.1) is 6.92 Å². The first-order chi connectivity index (χ1) is 20.5. The van der Waals surface area contributed by atoms with Gasteiger partial charge in [0.25, 0.3) is 10.0 Å². The van der Waals surface area contributed by atoms with E-state index in [0.717, 1.165) is 21.9 Å². The number of rotatable bonds is 15. The summed E-state index contributed by atoms with van der Waals surface area (Å²) in [6, 6.07) is 19.4. The highest BCUT2D eigenvalue weighted by Crippen LogP contribution is 2.27. The number of hydrogen-bond acceptors (Lipinski definition) is 6. The van der Waals surface area contributed by atoms with Gasteiger partial charge in [0.2, 0.25) is 11.8 Å². The number of benzene rings is 3. The van der Waals surface area contributed by atoms with Gasteiger partial charge in [-0.25, -0.2) is 8.42 Å². The standard InChI is InChI=1S/C33H43N3O6S/c1-7-25(5)34-33(38)31(8-2)35(22-26-12-16-28(41-6)17-13-26)32(37)23-36(27-14-18-29(19-15-27)42-9-3)43(39,40)30-20-10-24(4)11-21-30/h10-21,25,31H,7-9,22-23H2,1-6H3,(H,34,38)/t25-,31-/m0/s1. The summed E-state index contributed by atoms with van der Waals surface area (Å²) in [6.45, 7) is 9.50. The van der Waals surface area contributed by atoms with Gasteiger partial charge in [0.15, 0.2) is 0 Å². The molecule has 1 N–H and O–H groups in total. The molecule has 0 radical (unpaired) electrons. The Labute approximate surface area is 255 Å². The van der Waals surface area contributed by atoms with Gasteiger partial charge in [-0.1, -0.05) is 43.7 Å². The first kappa shape index (κ1) is 33.5. The van der Waals surface area contributed by atoms with E-state index in [1.807, 2.05) is 46.8 Å². The molecule has 0 heterocycles. The van der Waals surface area contributed by atoms with Crippen LogP contribution in [0.4, 0.5) is 5.69 Å². The largest absolute Gasteiger partial charge is 0.497 e. The van der Waals surface area contributed by atoms with Crippen LogP contribution in [0.3, 0.4) is 0 Å². The zero-order chi connectivity index (χ0) is 31.6. The average Bonchev–Trinajstić information content (AvgIpc) is 3.00. The van der Waals surface area contributed by atoms with Gasteiger partial charge in [-0.05, 0) is 87.7 Å². The zero-order valence-corrected chi connectivity index (χ0v) is 26.7. The van der Waals surface area contributed by atoms with E-state index < -0.39 is 28.5 Å². The fourth-order valence-electron chi connectivity index (χ4n) is 4.53. The van der Waals surface area contributed by atoms with Crippen molar-refractivity contribution in [1.82, 2.24) is 10.2 Å². The van der Waals surface area contributed by atoms with E-state index in [0.29, 0.717) is 30.2 Å². The monoisotopic (exact) mass is 609 g/mol. The maximum absolute atomic E-state index is 14.2. The minimum atomic E-state index is -4.15. The molecule has 0 fully saturated rings. The summed E-state index contributed by atoms with van der Waals surface area (Å²) in [5.41, 5.74) is 1.99. The second-order valence-corrected chi connectivity index (χ2v) is 12.2. The molecule has 0 aliphatic carbocycles. The fourth-order valence-corrected chi connectivity index (χ4v) is 5.94. The van der Waals surface area contributed by atoms with Crippen molar-refractivity contribution in [2.45, 2.75) is 71.0 Å². The molecule has 0 saturated heterocycles. The Morgan fingerprint density at radius 3 is 2.00 bits per heavy atom. The SMILES string of the molecule is CCOc1ccc(N(CC(=O)N(Cc2ccc(OC)cc2)[C@@H](CC)C(=O)N[C@@H](C)CC)S(=O)(=O)c2ccc(C)cc2)cc1. The minimum absolute atomic E-state index is 0.0584. The number of sulfonamides is 1. The second kappa shape index (κ2) is 15.4. The number of methoxy groups -OCH3 is 1. The quantitative estimate of drug-likeness (QED) is 0.250. The molecule has 10 heteroatoms. The number of ether oxygens (including phenoxy) is 2. The van der Waals surface area contributed by atoms with Crippen molar-refractivity contribution in [3.63, 3.8) is 0 Å². The lowest BCUT2D eigenvalue weighted by atomic mass is 10.1. The summed E-state index contributed by atoms with van der Waals surface area (Å²) in [6.07, 6.45) is 1.08. The van der Waals surface area contributed by atoms with E-state index >= 15 is 0 Å². The molecule has 0 spiro atoms. The normalized spacial score (nSPS) is 12.6. The molecule has 43 heavy (non-hydrogen) atoms. The highest BCUT2D eigenvalue weighted by molar-refractivity contribution is 7.92. The smallest absolute Gasteiger partial charge is 0.264 e. The van der Waals surface area contributed by atoms with Crippen LogP contribution in [0.15, 0.2) is 77.7 Å². The van der Waals surface area contributed by atoms with Crippen LogP contribution in [-0.4, -0.2) is 57.5 Å². The summed E-state index contributed by atoms with van der Waals surface area (Å²) in [7, 11) is -2.58. The lowest BCUT2D eigenvalue weighted by Crippen LogP contribution is -2.53. The average molecular weight is 610 g/mol. The Morgan fingerprint density at radius 2 is 1.47 bits per heavy atom. The van der Waals surface area contributed by atoms with Crippen LogP contribution in [0.1, 0.15) is 51.7 Å². The third-order valence-electron chi connectivity index (χ3n) is 7.22. The number of carbonyl (C=O) groups excluding carboxylic acids is 2. The third-order valence-corrected chi connectivity index (χ3v) is 9.01. The van der Waals surface area contributed by atoms with Crippen molar-refractivity contribution in [3.8, 4) is 11.5 Å². The van der Waals surface area contributed by atoms with E-state index in [4.69, 9.17) is 9.47 Å². The van der Waals surface area contributed by atoms with Crippen LogP contribution >= 0.6 is 0 Å². The highest BCUT2D eigenvalue weighted by atomic mass is 32.2. The Balaban J connectivity index is 2.06. The molecule has 9 nitrogen and oxygen atoms in total. The molecule has 232 valence electrons. The molecule has 2 amide bonds. The maximum Gasteiger partial charge on any atom is 0.264 e. The van der Waals surface area contributed by atoms with Crippen LogP contribution in [-0.2, 0) is 26.2 Å². The van der Waals surface area contributed by atoms with Gasteiger partial charge >= 0.3 is 0 Å². The minimum Gasteiger partial charge on any atom is -0.497 e. The van der Waals surface area contributed by atoms with Crippen LogP contribution in [0.25, 0.3) is 0 Å². The van der Waals surface area contributed by atoms with Crippen molar-refractivity contribution in [1.29, 1.82) is 0 Å². The van der Waals surface area contributed by atoms with Crippen molar-refractivity contribution in [2.75, 3.05) is 24.6 Å². The van der Waals surface area contributed by atoms with Crippen LogP contribution in [0.2, 0.25) is 0 Å². The van der Waals surface area contributed by atoms with Gasteiger partial charge in [-0.15, -0.1) is 0 Å². The number of aryl methyl sites for hydroxylation is 1. The lowest BCUT2D eigenvalue weighted by molar-refractivity contribution is -0.140. The summed E-state index contributed by atoms with van der Waals surface area (Å²) in [4.78, 5) is 29.1. The second-order valence-electron chi connectivity index (χ2n) is 10.4. The zero-order valence-electron chi connectivity index (χ0n) is 25.9. The van der Waals surface area contributed by atoms with Gasteiger partial charge in [-0.3, -0.25) is 13.9 Å².